The molecular weight excluding hydrogens is 604 g/mol. The lowest BCUT2D eigenvalue weighted by Gasteiger charge is -2.25. The Morgan fingerprint density at radius 2 is 1.02 bits per heavy atom. The van der Waals surface area contributed by atoms with Crippen molar-refractivity contribution >= 4 is 5.69 Å². The maximum absolute atomic E-state index is 16.0. The van der Waals surface area contributed by atoms with Gasteiger partial charge < -0.3 is 0 Å². The van der Waals surface area contributed by atoms with Gasteiger partial charge in [-0.15, -0.1) is 0 Å². The monoisotopic (exact) mass is 624 g/mol. The number of fused-ring (bicyclic) bond motifs is 6. The van der Waals surface area contributed by atoms with E-state index in [9.17, 15) is 14.0 Å². The van der Waals surface area contributed by atoms with E-state index in [-0.39, 0.29) is 22.5 Å². The number of halogens is 4. The van der Waals surface area contributed by atoms with E-state index in [4.69, 9.17) is 21.5 Å². The topological polar surface area (TPSA) is 79.7 Å². The van der Waals surface area contributed by atoms with Crippen LogP contribution >= 0.6 is 0 Å². The van der Waals surface area contributed by atoms with Crippen molar-refractivity contribution in [1.82, 2.24) is 19.9 Å². The molecule has 3 atom stereocenters. The standard InChI is InChI=1S/C37H20F4N6/c1-43-37-24(39)17-15-21(36(37)41)33-28-9-4-8-26(45-28)32(20-14-16-23(38)22(19-42)35(20)40)27-10-5-12-30(46-27)34(25-7-2-3-18-44-25)31-13-6-11-29(33)47-31/h2-18,32-34H. The van der Waals surface area contributed by atoms with Gasteiger partial charge in [0.25, 0.3) is 5.69 Å². The van der Waals surface area contributed by atoms with Crippen LogP contribution in [0, 0.1) is 41.2 Å². The largest absolute Gasteiger partial charge is 0.260 e. The van der Waals surface area contributed by atoms with Crippen LogP contribution in [0.4, 0.5) is 23.2 Å². The van der Waals surface area contributed by atoms with Gasteiger partial charge in [0.1, 0.15) is 34.9 Å². The number of hydrogen-bond donors (Lipinski definition) is 0. The van der Waals surface area contributed by atoms with Crippen LogP contribution in [-0.4, -0.2) is 19.9 Å². The maximum Gasteiger partial charge on any atom is 0.257 e. The predicted molar refractivity (Wildman–Crippen MR) is 163 cm³/mol. The molecule has 47 heavy (non-hydrogen) atoms. The maximum atomic E-state index is 16.0. The average molecular weight is 625 g/mol. The van der Waals surface area contributed by atoms with Crippen LogP contribution in [0.1, 0.15) is 74.3 Å². The zero-order chi connectivity index (χ0) is 32.7. The van der Waals surface area contributed by atoms with E-state index in [1.54, 1.807) is 72.9 Å². The third-order valence-electron chi connectivity index (χ3n) is 8.20. The molecule has 0 saturated carbocycles. The van der Waals surface area contributed by atoms with E-state index in [1.165, 1.54) is 12.1 Å². The summed E-state index contributed by atoms with van der Waals surface area (Å²) < 4.78 is 61.0. The van der Waals surface area contributed by atoms with Gasteiger partial charge in [-0.05, 0) is 66.2 Å². The van der Waals surface area contributed by atoms with Gasteiger partial charge >= 0.3 is 0 Å². The molecule has 1 aliphatic rings. The Hall–Kier alpha value is -6.26. The molecule has 0 N–H and O–H groups in total. The van der Waals surface area contributed by atoms with E-state index in [0.29, 0.717) is 28.5 Å². The first-order valence-corrected chi connectivity index (χ1v) is 14.4. The van der Waals surface area contributed by atoms with Gasteiger partial charge in [-0.1, -0.05) is 36.4 Å². The van der Waals surface area contributed by atoms with Crippen molar-refractivity contribution in [2.24, 2.45) is 0 Å². The normalized spacial score (nSPS) is 16.7. The van der Waals surface area contributed by atoms with Crippen LogP contribution in [0.15, 0.2) is 103 Å². The smallest absolute Gasteiger partial charge is 0.257 e. The molecule has 2 aromatic carbocycles. The quantitative estimate of drug-likeness (QED) is 0.147. The van der Waals surface area contributed by atoms with Crippen LogP contribution in [0.5, 0.6) is 0 Å². The summed E-state index contributed by atoms with van der Waals surface area (Å²) in [5.74, 6) is -6.81. The van der Waals surface area contributed by atoms with E-state index in [1.807, 2.05) is 12.1 Å². The van der Waals surface area contributed by atoms with Crippen molar-refractivity contribution in [1.29, 1.82) is 5.26 Å². The molecule has 3 unspecified atom stereocenters. The van der Waals surface area contributed by atoms with E-state index in [2.05, 4.69) is 9.83 Å². The van der Waals surface area contributed by atoms with Gasteiger partial charge in [-0.2, -0.15) is 5.26 Å². The molecule has 10 heteroatoms. The molecule has 7 rings (SSSR count). The molecule has 226 valence electrons. The Morgan fingerprint density at radius 1 is 0.553 bits per heavy atom. The van der Waals surface area contributed by atoms with E-state index in [0.717, 1.165) is 12.1 Å². The zero-order valence-corrected chi connectivity index (χ0v) is 24.2. The summed E-state index contributed by atoms with van der Waals surface area (Å²) >= 11 is 0. The Labute approximate surface area is 266 Å². The fraction of sp³-hybridized carbons (Fsp3) is 0.0811. The molecule has 0 aliphatic carbocycles. The Kier molecular flexibility index (Phi) is 7.47. The molecule has 6 bridgehead atoms. The van der Waals surface area contributed by atoms with Gasteiger partial charge in [0, 0.05) is 11.8 Å². The minimum Gasteiger partial charge on any atom is -0.260 e. The molecule has 0 saturated heterocycles. The summed E-state index contributed by atoms with van der Waals surface area (Å²) in [6.45, 7) is 7.41. The first-order valence-electron chi connectivity index (χ1n) is 14.4. The van der Waals surface area contributed by atoms with Gasteiger partial charge in [0.05, 0.1) is 64.2 Å². The highest BCUT2D eigenvalue weighted by Crippen LogP contribution is 2.40. The highest BCUT2D eigenvalue weighted by atomic mass is 19.1. The van der Waals surface area contributed by atoms with Crippen LogP contribution < -0.4 is 0 Å². The number of aromatic nitrogens is 4. The SMILES string of the molecule is [C-]#[N+]c1c(F)ccc(C2c3cccc(n3)C(c3ccccn3)c3cccc(n3)C(c3ccc(F)c(C#N)c3F)c3cccc2n3)c1F. The molecular formula is C37H20F4N6. The molecule has 0 radical (unpaired) electrons. The second kappa shape index (κ2) is 11.9. The van der Waals surface area contributed by atoms with Crippen molar-refractivity contribution in [3.05, 3.63) is 194 Å². The second-order valence-corrected chi connectivity index (χ2v) is 10.9. The minimum atomic E-state index is -1.06. The van der Waals surface area contributed by atoms with Crippen LogP contribution in [-0.2, 0) is 0 Å². The molecule has 1 aliphatic heterocycles. The molecule has 0 fully saturated rings. The molecule has 0 amide bonds. The summed E-state index contributed by atoms with van der Waals surface area (Å²) in [7, 11) is 0. The number of nitriles is 1. The van der Waals surface area contributed by atoms with Crippen LogP contribution in [0.3, 0.4) is 0 Å². The first-order chi connectivity index (χ1) is 22.9. The molecule has 0 spiro atoms. The molecule has 5 heterocycles. The average Bonchev–Trinajstić information content (AvgIpc) is 3.08. The Morgan fingerprint density at radius 3 is 1.49 bits per heavy atom. The Bertz CT molecular complexity index is 2130. The number of rotatable bonds is 3. The Balaban J connectivity index is 1.58. The fourth-order valence-corrected chi connectivity index (χ4v) is 6.09. The summed E-state index contributed by atoms with van der Waals surface area (Å²) in [6.07, 6.45) is 1.64. The van der Waals surface area contributed by atoms with Crippen molar-refractivity contribution < 1.29 is 17.6 Å². The first kappa shape index (κ1) is 29.5. The highest BCUT2D eigenvalue weighted by molar-refractivity contribution is 5.54. The van der Waals surface area contributed by atoms with Gasteiger partial charge in [0.2, 0.25) is 0 Å². The van der Waals surface area contributed by atoms with Crippen molar-refractivity contribution in [3.63, 3.8) is 0 Å². The van der Waals surface area contributed by atoms with Gasteiger partial charge in [-0.25, -0.2) is 22.4 Å². The van der Waals surface area contributed by atoms with E-state index < -0.39 is 52.3 Å². The lowest BCUT2D eigenvalue weighted by Crippen LogP contribution is -2.18. The van der Waals surface area contributed by atoms with Crippen LogP contribution in [0.25, 0.3) is 4.85 Å². The van der Waals surface area contributed by atoms with Crippen LogP contribution in [0.2, 0.25) is 0 Å². The fourth-order valence-electron chi connectivity index (χ4n) is 6.09. The summed E-state index contributed by atoms with van der Waals surface area (Å²) in [4.78, 5) is 22.5. The summed E-state index contributed by atoms with van der Waals surface area (Å²) in [5.41, 5.74) is 1.27. The van der Waals surface area contributed by atoms with Crippen molar-refractivity contribution in [3.8, 4) is 6.07 Å². The highest BCUT2D eigenvalue weighted by Gasteiger charge is 2.32. The second-order valence-electron chi connectivity index (χ2n) is 10.9. The third-order valence-corrected chi connectivity index (χ3v) is 8.20. The number of benzene rings is 2. The lowest BCUT2D eigenvalue weighted by atomic mass is 9.86. The summed E-state index contributed by atoms with van der Waals surface area (Å²) in [6, 6.07) is 26.9. The number of pyridine rings is 4. The van der Waals surface area contributed by atoms with Crippen molar-refractivity contribution in [2.45, 2.75) is 17.8 Å². The number of nitrogens with zero attached hydrogens (tertiary/aromatic N) is 6. The minimum absolute atomic E-state index is 0.0360. The van der Waals surface area contributed by atoms with E-state index >= 15 is 8.78 Å². The third kappa shape index (κ3) is 5.06. The number of hydrogen-bond acceptors (Lipinski definition) is 5. The molecule has 6 nitrogen and oxygen atoms in total. The lowest BCUT2D eigenvalue weighted by molar-refractivity contribution is 0.561. The molecule has 6 aromatic rings. The van der Waals surface area contributed by atoms with Gasteiger partial charge in [-0.3, -0.25) is 19.9 Å². The molecule has 4 aromatic heterocycles. The van der Waals surface area contributed by atoms with Gasteiger partial charge in [0.15, 0.2) is 0 Å². The predicted octanol–water partition coefficient (Wildman–Crippen LogP) is 8.10. The zero-order valence-electron chi connectivity index (χ0n) is 24.2. The van der Waals surface area contributed by atoms with Crippen molar-refractivity contribution in [2.75, 3.05) is 0 Å². The summed E-state index contributed by atoms with van der Waals surface area (Å²) in [5, 5.41) is 9.57.